The Bertz CT molecular complexity index is 1180. The van der Waals surface area contributed by atoms with Gasteiger partial charge in [-0.25, -0.2) is 22.0 Å². The van der Waals surface area contributed by atoms with E-state index in [2.05, 4.69) is 15.5 Å². The number of carbonyl (C=O) groups is 1. The van der Waals surface area contributed by atoms with Gasteiger partial charge in [-0.15, -0.1) is 0 Å². The SMILES string of the molecule is C[C@@H](NC(=O)c1cn(C2(C(F)F)CC2)c(=O)cc1NC[C@@H]1CCCN1C)c1cccc(C(F)F)c1F. The molecular weight excluding hydrogens is 483 g/mol. The molecule has 1 aromatic heterocycles. The first-order valence-corrected chi connectivity index (χ1v) is 11.9. The van der Waals surface area contributed by atoms with E-state index in [0.717, 1.165) is 42.3 Å². The number of carbonyl (C=O) groups excluding carboxylic acids is 1. The van der Waals surface area contributed by atoms with Gasteiger partial charge in [0.05, 0.1) is 22.9 Å². The second-order valence-electron chi connectivity index (χ2n) is 9.62. The molecule has 2 heterocycles. The third-order valence-electron chi connectivity index (χ3n) is 7.25. The highest BCUT2D eigenvalue weighted by Crippen LogP contribution is 2.48. The van der Waals surface area contributed by atoms with E-state index in [9.17, 15) is 31.5 Å². The predicted octanol–water partition coefficient (Wildman–Crippen LogP) is 4.68. The van der Waals surface area contributed by atoms with Gasteiger partial charge in [-0.3, -0.25) is 9.59 Å². The fourth-order valence-electron chi connectivity index (χ4n) is 4.79. The fourth-order valence-corrected chi connectivity index (χ4v) is 4.79. The van der Waals surface area contributed by atoms with E-state index in [1.165, 1.54) is 19.1 Å². The molecular formula is C25H29F5N4O2. The van der Waals surface area contributed by atoms with Crippen LogP contribution >= 0.6 is 0 Å². The summed E-state index contributed by atoms with van der Waals surface area (Å²) in [5.74, 6) is -1.87. The van der Waals surface area contributed by atoms with Crippen molar-refractivity contribution in [1.82, 2.24) is 14.8 Å². The average molecular weight is 513 g/mol. The van der Waals surface area contributed by atoms with Crippen LogP contribution in [0.4, 0.5) is 27.6 Å². The smallest absolute Gasteiger partial charge is 0.266 e. The fraction of sp³-hybridized carbons (Fsp3) is 0.520. The first-order valence-electron chi connectivity index (χ1n) is 11.9. The molecule has 2 fully saturated rings. The van der Waals surface area contributed by atoms with Crippen molar-refractivity contribution in [2.45, 2.75) is 63.1 Å². The molecule has 2 aromatic rings. The first kappa shape index (κ1) is 26.1. The summed E-state index contributed by atoms with van der Waals surface area (Å²) in [7, 11) is 1.97. The van der Waals surface area contributed by atoms with Gasteiger partial charge in [0, 0.05) is 30.4 Å². The number of benzene rings is 1. The molecule has 1 amide bonds. The van der Waals surface area contributed by atoms with E-state index in [-0.39, 0.29) is 35.7 Å². The summed E-state index contributed by atoms with van der Waals surface area (Å²) in [6, 6.07) is 3.83. The molecule has 0 spiro atoms. The van der Waals surface area contributed by atoms with Crippen LogP contribution in [0.1, 0.15) is 66.6 Å². The zero-order valence-electron chi connectivity index (χ0n) is 20.0. The molecule has 2 N–H and O–H groups in total. The maximum atomic E-state index is 14.6. The molecule has 0 radical (unpaired) electrons. The van der Waals surface area contributed by atoms with Crippen molar-refractivity contribution in [2.75, 3.05) is 25.5 Å². The minimum Gasteiger partial charge on any atom is -0.383 e. The van der Waals surface area contributed by atoms with Gasteiger partial charge in [0.25, 0.3) is 24.3 Å². The van der Waals surface area contributed by atoms with Crippen LogP contribution in [0, 0.1) is 5.82 Å². The van der Waals surface area contributed by atoms with Crippen molar-refractivity contribution in [1.29, 1.82) is 0 Å². The van der Waals surface area contributed by atoms with Crippen LogP contribution in [-0.2, 0) is 5.54 Å². The van der Waals surface area contributed by atoms with Gasteiger partial charge in [-0.1, -0.05) is 18.2 Å². The standard InChI is InChI=1S/C25H29F5N4O2/c1-14(16-6-3-7-17(21(16)26)22(27)28)32-23(36)18-13-34(25(8-9-25)24(29)30)20(35)11-19(18)31-12-15-5-4-10-33(15)2/h3,6-7,11,13-15,22,24,31H,4-5,8-10,12H2,1-2H3,(H,32,36)/t14-,15+/m1/s1. The number of nitrogens with zero attached hydrogens (tertiary/aromatic N) is 2. The molecule has 2 atom stereocenters. The second-order valence-corrected chi connectivity index (χ2v) is 9.62. The molecule has 1 aliphatic carbocycles. The number of hydrogen-bond acceptors (Lipinski definition) is 4. The Morgan fingerprint density at radius 2 is 1.89 bits per heavy atom. The molecule has 0 bridgehead atoms. The molecule has 2 aliphatic rings. The van der Waals surface area contributed by atoms with E-state index in [4.69, 9.17) is 0 Å². The zero-order chi connectivity index (χ0) is 26.2. The number of alkyl halides is 4. The minimum atomic E-state index is -3.02. The molecule has 0 unspecified atom stereocenters. The number of nitrogens with one attached hydrogen (secondary N) is 2. The summed E-state index contributed by atoms with van der Waals surface area (Å²) in [5, 5.41) is 5.67. The summed E-state index contributed by atoms with van der Waals surface area (Å²) in [4.78, 5) is 28.2. The Labute approximate surface area is 205 Å². The van der Waals surface area contributed by atoms with E-state index in [0.29, 0.717) is 6.54 Å². The van der Waals surface area contributed by atoms with Crippen molar-refractivity contribution in [3.63, 3.8) is 0 Å². The van der Waals surface area contributed by atoms with Gasteiger partial charge in [-0.2, -0.15) is 0 Å². The van der Waals surface area contributed by atoms with E-state index in [1.807, 2.05) is 7.05 Å². The number of likely N-dealkylation sites (N-methyl/N-ethyl adjacent to an activating group) is 1. The number of hydrogen-bond donors (Lipinski definition) is 2. The summed E-state index contributed by atoms with van der Waals surface area (Å²) in [6.07, 6.45) is -2.55. The average Bonchev–Trinajstić information content (AvgIpc) is 3.53. The van der Waals surface area contributed by atoms with E-state index < -0.39 is 47.3 Å². The number of amides is 1. The third kappa shape index (κ3) is 4.98. The predicted molar refractivity (Wildman–Crippen MR) is 125 cm³/mol. The molecule has 11 heteroatoms. The number of aromatic nitrogens is 1. The van der Waals surface area contributed by atoms with Crippen LogP contribution in [-0.4, -0.2) is 48.0 Å². The lowest BCUT2D eigenvalue weighted by molar-refractivity contribution is 0.0648. The van der Waals surface area contributed by atoms with Crippen molar-refractivity contribution in [3.8, 4) is 0 Å². The van der Waals surface area contributed by atoms with Gasteiger partial charge in [0.2, 0.25) is 0 Å². The van der Waals surface area contributed by atoms with Gasteiger partial charge < -0.3 is 20.1 Å². The van der Waals surface area contributed by atoms with Gasteiger partial charge >= 0.3 is 0 Å². The minimum absolute atomic E-state index is 0.0561. The molecule has 196 valence electrons. The molecule has 1 saturated heterocycles. The number of pyridine rings is 1. The van der Waals surface area contributed by atoms with Crippen LogP contribution in [0.2, 0.25) is 0 Å². The Balaban J connectivity index is 1.65. The summed E-state index contributed by atoms with van der Waals surface area (Å²) in [6.45, 7) is 2.78. The van der Waals surface area contributed by atoms with Crippen molar-refractivity contribution in [3.05, 3.63) is 63.3 Å². The lowest BCUT2D eigenvalue weighted by atomic mass is 10.0. The topological polar surface area (TPSA) is 66.4 Å². The molecule has 4 rings (SSSR count). The molecule has 36 heavy (non-hydrogen) atoms. The van der Waals surface area contributed by atoms with Crippen LogP contribution in [0.5, 0.6) is 0 Å². The Kier molecular flexibility index (Phi) is 7.40. The van der Waals surface area contributed by atoms with E-state index >= 15 is 0 Å². The zero-order valence-corrected chi connectivity index (χ0v) is 20.0. The highest BCUT2D eigenvalue weighted by Gasteiger charge is 2.53. The first-order chi connectivity index (χ1) is 17.0. The maximum absolute atomic E-state index is 14.6. The Morgan fingerprint density at radius 1 is 1.19 bits per heavy atom. The van der Waals surface area contributed by atoms with Crippen molar-refractivity contribution in [2.24, 2.45) is 0 Å². The number of halogens is 5. The number of rotatable bonds is 9. The summed E-state index contributed by atoms with van der Waals surface area (Å²) < 4.78 is 69.3. The van der Waals surface area contributed by atoms with Crippen LogP contribution in [0.3, 0.4) is 0 Å². The van der Waals surface area contributed by atoms with Gasteiger partial charge in [-0.05, 0) is 46.2 Å². The normalized spacial score (nSPS) is 20.1. The van der Waals surface area contributed by atoms with Crippen LogP contribution in [0.25, 0.3) is 0 Å². The largest absolute Gasteiger partial charge is 0.383 e. The lowest BCUT2D eigenvalue weighted by Crippen LogP contribution is -2.38. The molecule has 1 saturated carbocycles. The lowest BCUT2D eigenvalue weighted by Gasteiger charge is -2.24. The monoisotopic (exact) mass is 512 g/mol. The summed E-state index contributed by atoms with van der Waals surface area (Å²) >= 11 is 0. The number of anilines is 1. The van der Waals surface area contributed by atoms with Gasteiger partial charge in [0.1, 0.15) is 11.4 Å². The summed E-state index contributed by atoms with van der Waals surface area (Å²) in [5.41, 5.74) is -3.11. The quantitative estimate of drug-likeness (QED) is 0.479. The van der Waals surface area contributed by atoms with Gasteiger partial charge in [0.15, 0.2) is 0 Å². The van der Waals surface area contributed by atoms with Crippen LogP contribution < -0.4 is 16.2 Å². The maximum Gasteiger partial charge on any atom is 0.266 e. The van der Waals surface area contributed by atoms with Crippen molar-refractivity contribution >= 4 is 11.6 Å². The van der Waals surface area contributed by atoms with Crippen molar-refractivity contribution < 1.29 is 26.7 Å². The third-order valence-corrected chi connectivity index (χ3v) is 7.25. The number of likely N-dealkylation sites (tertiary alicyclic amines) is 1. The second kappa shape index (κ2) is 10.2. The molecule has 1 aromatic carbocycles. The van der Waals surface area contributed by atoms with Crippen LogP contribution in [0.15, 0.2) is 35.3 Å². The highest BCUT2D eigenvalue weighted by atomic mass is 19.3. The molecule has 6 nitrogen and oxygen atoms in total. The highest BCUT2D eigenvalue weighted by molar-refractivity contribution is 5.99. The Hall–Kier alpha value is -2.95. The molecule has 1 aliphatic heterocycles. The van der Waals surface area contributed by atoms with E-state index in [1.54, 1.807) is 0 Å². The Morgan fingerprint density at radius 3 is 2.47 bits per heavy atom.